The number of hydrogen-bond acceptors (Lipinski definition) is 3. The van der Waals surface area contributed by atoms with Crippen LogP contribution in [0.4, 0.5) is 4.79 Å². The van der Waals surface area contributed by atoms with Gasteiger partial charge in [0.1, 0.15) is 5.60 Å². The first kappa shape index (κ1) is 10.2. The van der Waals surface area contributed by atoms with Gasteiger partial charge in [0.25, 0.3) is 0 Å². The molecule has 2 amide bonds. The lowest BCUT2D eigenvalue weighted by Gasteiger charge is -2.41. The van der Waals surface area contributed by atoms with Gasteiger partial charge in [0.15, 0.2) is 0 Å². The Balaban J connectivity index is 2.03. The average molecular weight is 209 g/mol. The quantitative estimate of drug-likeness (QED) is 0.450. The molecule has 0 unspecified atom stereocenters. The number of allylic oxidation sites excluding steroid dienone is 1. The first-order valence-electron chi connectivity index (χ1n) is 5.13. The Hall–Kier alpha value is -1.32. The SMILES string of the molecule is CC(C)(C)OC(=O)N1C(=O)[C@H]2CC=C[C@H]21. The number of amides is 2. The Morgan fingerprint density at radius 3 is 2.80 bits per heavy atom. The van der Waals surface area contributed by atoms with Gasteiger partial charge in [-0.2, -0.15) is 0 Å². The summed E-state index contributed by atoms with van der Waals surface area (Å²) in [5, 5.41) is 0. The molecule has 0 saturated carbocycles. The van der Waals surface area contributed by atoms with Crippen molar-refractivity contribution in [3.05, 3.63) is 12.2 Å². The van der Waals surface area contributed by atoms with Crippen molar-refractivity contribution in [2.45, 2.75) is 38.8 Å². The number of imide groups is 1. The van der Waals surface area contributed by atoms with E-state index in [-0.39, 0.29) is 17.9 Å². The number of fused-ring (bicyclic) bond motifs is 1. The van der Waals surface area contributed by atoms with Crippen molar-refractivity contribution in [3.63, 3.8) is 0 Å². The molecular formula is C11H15NO3. The largest absolute Gasteiger partial charge is 0.443 e. The third-order valence-electron chi connectivity index (χ3n) is 2.58. The maximum Gasteiger partial charge on any atom is 0.417 e. The van der Waals surface area contributed by atoms with E-state index in [9.17, 15) is 9.59 Å². The number of β-lactam (4-membered cyclic amide) rings is 1. The van der Waals surface area contributed by atoms with Crippen molar-refractivity contribution < 1.29 is 14.3 Å². The number of ether oxygens (including phenoxy) is 1. The Labute approximate surface area is 88.9 Å². The number of carbonyl (C=O) groups excluding carboxylic acids is 2. The lowest BCUT2D eigenvalue weighted by atomic mass is 9.91. The number of likely N-dealkylation sites (tertiary alicyclic amines) is 1. The summed E-state index contributed by atoms with van der Waals surface area (Å²) in [6.45, 7) is 5.37. The first-order valence-corrected chi connectivity index (χ1v) is 5.13. The standard InChI is InChI=1S/C11H15NO3/c1-11(2,3)15-10(14)12-8-6-4-5-7(8)9(12)13/h4,6-8H,5H2,1-3H3/t7-,8+/m0/s1. The molecule has 0 aromatic rings. The molecule has 0 aromatic heterocycles. The fraction of sp³-hybridized carbons (Fsp3) is 0.636. The molecule has 1 aliphatic heterocycles. The van der Waals surface area contributed by atoms with Crippen LogP contribution in [0.5, 0.6) is 0 Å². The Morgan fingerprint density at radius 2 is 2.20 bits per heavy atom. The van der Waals surface area contributed by atoms with E-state index in [1.807, 2.05) is 12.2 Å². The summed E-state index contributed by atoms with van der Waals surface area (Å²) in [4.78, 5) is 24.4. The average Bonchev–Trinajstić information content (AvgIpc) is 2.44. The molecule has 4 heteroatoms. The molecule has 0 radical (unpaired) electrons. The molecule has 1 heterocycles. The zero-order chi connectivity index (χ0) is 11.2. The van der Waals surface area contributed by atoms with Gasteiger partial charge >= 0.3 is 6.09 Å². The zero-order valence-electron chi connectivity index (χ0n) is 9.19. The van der Waals surface area contributed by atoms with Gasteiger partial charge in [-0.15, -0.1) is 0 Å². The molecule has 1 saturated heterocycles. The maximum absolute atomic E-state index is 11.6. The minimum absolute atomic E-state index is 0.0162. The molecule has 0 N–H and O–H groups in total. The second-order valence-corrected chi connectivity index (χ2v) is 4.95. The normalized spacial score (nSPS) is 28.7. The van der Waals surface area contributed by atoms with Crippen LogP contribution in [-0.2, 0) is 9.53 Å². The van der Waals surface area contributed by atoms with Crippen LogP contribution in [0.25, 0.3) is 0 Å². The maximum atomic E-state index is 11.6. The van der Waals surface area contributed by atoms with Crippen molar-refractivity contribution >= 4 is 12.0 Å². The highest BCUT2D eigenvalue weighted by atomic mass is 16.6. The van der Waals surface area contributed by atoms with E-state index in [1.54, 1.807) is 20.8 Å². The number of nitrogens with zero attached hydrogens (tertiary/aromatic N) is 1. The van der Waals surface area contributed by atoms with E-state index in [0.717, 1.165) is 6.42 Å². The molecular weight excluding hydrogens is 194 g/mol. The summed E-state index contributed by atoms with van der Waals surface area (Å²) in [6, 6.07) is -0.0626. The van der Waals surface area contributed by atoms with E-state index >= 15 is 0 Å². The van der Waals surface area contributed by atoms with Crippen LogP contribution in [0.2, 0.25) is 0 Å². The van der Waals surface area contributed by atoms with Gasteiger partial charge in [-0.3, -0.25) is 4.79 Å². The molecule has 4 nitrogen and oxygen atoms in total. The summed E-state index contributed by atoms with van der Waals surface area (Å²) in [7, 11) is 0. The lowest BCUT2D eigenvalue weighted by molar-refractivity contribution is -0.149. The molecule has 0 spiro atoms. The summed E-state index contributed by atoms with van der Waals surface area (Å²) in [5.41, 5.74) is -0.551. The molecule has 2 rings (SSSR count). The molecule has 0 aromatic carbocycles. The van der Waals surface area contributed by atoms with E-state index < -0.39 is 11.7 Å². The molecule has 15 heavy (non-hydrogen) atoms. The van der Waals surface area contributed by atoms with E-state index in [0.29, 0.717) is 0 Å². The number of rotatable bonds is 0. The van der Waals surface area contributed by atoms with Gasteiger partial charge in [-0.25, -0.2) is 9.69 Å². The van der Waals surface area contributed by atoms with Gasteiger partial charge in [0.2, 0.25) is 5.91 Å². The van der Waals surface area contributed by atoms with Crippen molar-refractivity contribution in [1.29, 1.82) is 0 Å². The predicted molar refractivity (Wildman–Crippen MR) is 54.1 cm³/mol. The molecule has 1 fully saturated rings. The molecule has 2 aliphatic rings. The highest BCUT2D eigenvalue weighted by molar-refractivity contribution is 6.00. The van der Waals surface area contributed by atoms with Crippen LogP contribution in [0.3, 0.4) is 0 Å². The fourth-order valence-electron chi connectivity index (χ4n) is 1.92. The molecule has 82 valence electrons. The third-order valence-corrected chi connectivity index (χ3v) is 2.58. The van der Waals surface area contributed by atoms with Crippen LogP contribution in [0.1, 0.15) is 27.2 Å². The zero-order valence-corrected chi connectivity index (χ0v) is 9.19. The summed E-state index contributed by atoms with van der Waals surface area (Å²) in [5.74, 6) is -0.128. The minimum atomic E-state index is -0.551. The van der Waals surface area contributed by atoms with Gasteiger partial charge in [0.05, 0.1) is 12.0 Å². The minimum Gasteiger partial charge on any atom is -0.443 e. The van der Waals surface area contributed by atoms with Gasteiger partial charge in [0, 0.05) is 0 Å². The van der Waals surface area contributed by atoms with Crippen molar-refractivity contribution in [1.82, 2.24) is 4.90 Å². The van der Waals surface area contributed by atoms with Crippen molar-refractivity contribution in [2.75, 3.05) is 0 Å². The Morgan fingerprint density at radius 1 is 1.53 bits per heavy atom. The molecule has 1 aliphatic carbocycles. The molecule has 0 bridgehead atoms. The highest BCUT2D eigenvalue weighted by Gasteiger charge is 2.51. The Kier molecular flexibility index (Phi) is 2.10. The second kappa shape index (κ2) is 3.08. The summed E-state index contributed by atoms with van der Waals surface area (Å²) >= 11 is 0. The van der Waals surface area contributed by atoms with E-state index in [2.05, 4.69) is 0 Å². The number of carbonyl (C=O) groups is 2. The van der Waals surface area contributed by atoms with E-state index in [1.165, 1.54) is 4.90 Å². The van der Waals surface area contributed by atoms with Crippen LogP contribution in [0, 0.1) is 5.92 Å². The van der Waals surface area contributed by atoms with Gasteiger partial charge < -0.3 is 4.74 Å². The van der Waals surface area contributed by atoms with Crippen molar-refractivity contribution in [2.24, 2.45) is 5.92 Å². The van der Waals surface area contributed by atoms with E-state index in [4.69, 9.17) is 4.74 Å². The highest BCUT2D eigenvalue weighted by Crippen LogP contribution is 2.36. The molecule has 2 atom stereocenters. The van der Waals surface area contributed by atoms with Crippen LogP contribution in [0.15, 0.2) is 12.2 Å². The first-order chi connectivity index (χ1) is 6.90. The fourth-order valence-corrected chi connectivity index (χ4v) is 1.92. The van der Waals surface area contributed by atoms with Gasteiger partial charge in [-0.1, -0.05) is 12.2 Å². The summed E-state index contributed by atoms with van der Waals surface area (Å²) in [6.07, 6.45) is 4.07. The van der Waals surface area contributed by atoms with Crippen molar-refractivity contribution in [3.8, 4) is 0 Å². The number of hydrogen-bond donors (Lipinski definition) is 0. The van der Waals surface area contributed by atoms with Crippen LogP contribution >= 0.6 is 0 Å². The van der Waals surface area contributed by atoms with Gasteiger partial charge in [-0.05, 0) is 27.2 Å². The lowest BCUT2D eigenvalue weighted by Crippen LogP contribution is -2.61. The smallest absolute Gasteiger partial charge is 0.417 e. The monoisotopic (exact) mass is 209 g/mol. The van der Waals surface area contributed by atoms with Crippen LogP contribution < -0.4 is 0 Å². The predicted octanol–water partition coefficient (Wildman–Crippen LogP) is 1.71. The topological polar surface area (TPSA) is 46.6 Å². The second-order valence-electron chi connectivity index (χ2n) is 4.95. The van der Waals surface area contributed by atoms with Crippen LogP contribution in [-0.4, -0.2) is 28.5 Å². The third kappa shape index (κ3) is 1.64. The summed E-state index contributed by atoms with van der Waals surface area (Å²) < 4.78 is 5.15. The Bertz CT molecular complexity index is 340.